The van der Waals surface area contributed by atoms with Gasteiger partial charge < -0.3 is 10.2 Å². The zero-order valence-electron chi connectivity index (χ0n) is 19.0. The highest BCUT2D eigenvalue weighted by Crippen LogP contribution is 2.23. The van der Waals surface area contributed by atoms with Gasteiger partial charge in [0, 0.05) is 32.7 Å². The van der Waals surface area contributed by atoms with Crippen LogP contribution in [0.15, 0.2) is 48.5 Å². The minimum absolute atomic E-state index is 0.00367. The number of likely N-dealkylation sites (N-methyl/N-ethyl adjacent to an activating group) is 1. The van der Waals surface area contributed by atoms with Crippen molar-refractivity contribution < 1.29 is 22.4 Å². The van der Waals surface area contributed by atoms with E-state index in [1.54, 1.807) is 31.2 Å². The van der Waals surface area contributed by atoms with Gasteiger partial charge in [-0.05, 0) is 42.3 Å². The van der Waals surface area contributed by atoms with Crippen molar-refractivity contribution >= 4 is 39.3 Å². The number of halogens is 2. The molecule has 180 valence electrons. The van der Waals surface area contributed by atoms with Gasteiger partial charge in [0.2, 0.25) is 11.8 Å². The van der Waals surface area contributed by atoms with Crippen LogP contribution in [0.2, 0.25) is 5.02 Å². The molecule has 0 fully saturated rings. The van der Waals surface area contributed by atoms with E-state index in [1.807, 2.05) is 0 Å². The first kappa shape index (κ1) is 26.6. The third-order valence-corrected chi connectivity index (χ3v) is 7.25. The average Bonchev–Trinajstić information content (AvgIpc) is 2.78. The minimum atomic E-state index is -4.10. The monoisotopic (exact) mass is 498 g/mol. The summed E-state index contributed by atoms with van der Waals surface area (Å²) in [6.07, 6.45) is 0.298. The molecule has 1 unspecified atom stereocenters. The summed E-state index contributed by atoms with van der Waals surface area (Å²) >= 11 is 6.28. The molecule has 8 nitrogen and oxygen atoms in total. The van der Waals surface area contributed by atoms with Gasteiger partial charge in [0.15, 0.2) is 0 Å². The molecule has 1 atom stereocenters. The summed E-state index contributed by atoms with van der Waals surface area (Å²) in [4.78, 5) is 27.4. The number of nitrogens with one attached hydrogen (secondary N) is 1. The highest BCUT2D eigenvalue weighted by Gasteiger charge is 2.33. The van der Waals surface area contributed by atoms with E-state index in [2.05, 4.69) is 5.32 Å². The van der Waals surface area contributed by atoms with Crippen LogP contribution in [0.4, 0.5) is 10.1 Å². The van der Waals surface area contributed by atoms with Gasteiger partial charge in [-0.15, -0.1) is 0 Å². The molecule has 0 saturated carbocycles. The number of hydrogen-bond acceptors (Lipinski definition) is 4. The van der Waals surface area contributed by atoms with E-state index < -0.39 is 34.5 Å². The third kappa shape index (κ3) is 6.43. The summed E-state index contributed by atoms with van der Waals surface area (Å²) < 4.78 is 41.3. The summed E-state index contributed by atoms with van der Waals surface area (Å²) in [5, 5.41) is 2.96. The Balaban J connectivity index is 2.50. The molecule has 0 aromatic heterocycles. The van der Waals surface area contributed by atoms with Crippen molar-refractivity contribution in [2.75, 3.05) is 32.0 Å². The molecule has 2 aromatic rings. The Labute approximate surface area is 199 Å². The first-order valence-corrected chi connectivity index (χ1v) is 12.0. The SMILES string of the molecule is CCC(C(=O)NC)N(Cc1ccccc1Cl)C(=O)CN(c1ccc(F)cc1)S(=O)(=O)N(C)C. The molecule has 0 saturated heterocycles. The predicted molar refractivity (Wildman–Crippen MR) is 127 cm³/mol. The van der Waals surface area contributed by atoms with Crippen LogP contribution in [0.1, 0.15) is 18.9 Å². The van der Waals surface area contributed by atoms with Crippen molar-refractivity contribution in [2.45, 2.75) is 25.9 Å². The molecule has 0 heterocycles. The van der Waals surface area contributed by atoms with Gasteiger partial charge in [0.05, 0.1) is 5.69 Å². The van der Waals surface area contributed by atoms with E-state index >= 15 is 0 Å². The summed E-state index contributed by atoms with van der Waals surface area (Å²) in [5.74, 6) is -1.54. The second-order valence-corrected chi connectivity index (χ2v) is 9.90. The smallest absolute Gasteiger partial charge is 0.304 e. The van der Waals surface area contributed by atoms with E-state index in [9.17, 15) is 22.4 Å². The lowest BCUT2D eigenvalue weighted by Gasteiger charge is -2.33. The molecule has 2 rings (SSSR count). The minimum Gasteiger partial charge on any atom is -0.357 e. The van der Waals surface area contributed by atoms with Crippen LogP contribution in [0, 0.1) is 5.82 Å². The maximum absolute atomic E-state index is 13.5. The van der Waals surface area contributed by atoms with E-state index in [1.165, 1.54) is 38.2 Å². The Hall–Kier alpha value is -2.69. The maximum atomic E-state index is 13.5. The molecule has 0 spiro atoms. The molecule has 11 heteroatoms. The van der Waals surface area contributed by atoms with Crippen molar-refractivity contribution in [1.29, 1.82) is 0 Å². The quantitative estimate of drug-likeness (QED) is 0.545. The van der Waals surface area contributed by atoms with E-state index in [-0.39, 0.29) is 18.1 Å². The molecule has 2 aromatic carbocycles. The van der Waals surface area contributed by atoms with Gasteiger partial charge in [-0.1, -0.05) is 36.7 Å². The van der Waals surface area contributed by atoms with Gasteiger partial charge in [0.25, 0.3) is 0 Å². The molecular weight excluding hydrogens is 471 g/mol. The summed E-state index contributed by atoms with van der Waals surface area (Å²) in [6, 6.07) is 10.8. The zero-order valence-corrected chi connectivity index (χ0v) is 20.5. The molecule has 0 aliphatic carbocycles. The Morgan fingerprint density at radius 2 is 1.70 bits per heavy atom. The van der Waals surface area contributed by atoms with Crippen LogP contribution in [0.3, 0.4) is 0 Å². The highest BCUT2D eigenvalue weighted by molar-refractivity contribution is 7.90. The number of amides is 2. The lowest BCUT2D eigenvalue weighted by atomic mass is 10.1. The van der Waals surface area contributed by atoms with Crippen LogP contribution >= 0.6 is 11.6 Å². The normalized spacial score (nSPS) is 12.3. The lowest BCUT2D eigenvalue weighted by Crippen LogP contribution is -2.53. The maximum Gasteiger partial charge on any atom is 0.304 e. The Bertz CT molecular complexity index is 1080. The number of rotatable bonds is 10. The molecule has 33 heavy (non-hydrogen) atoms. The van der Waals surface area contributed by atoms with Crippen LogP contribution < -0.4 is 9.62 Å². The third-order valence-electron chi connectivity index (χ3n) is 5.06. The van der Waals surface area contributed by atoms with Crippen molar-refractivity contribution in [3.05, 3.63) is 64.9 Å². The second-order valence-electron chi connectivity index (χ2n) is 7.42. The lowest BCUT2D eigenvalue weighted by molar-refractivity contribution is -0.140. The van der Waals surface area contributed by atoms with E-state index in [0.29, 0.717) is 17.0 Å². The van der Waals surface area contributed by atoms with Crippen LogP contribution in [-0.4, -0.2) is 63.2 Å². The zero-order chi connectivity index (χ0) is 24.8. The van der Waals surface area contributed by atoms with Gasteiger partial charge >= 0.3 is 10.2 Å². The first-order chi connectivity index (χ1) is 15.5. The summed E-state index contributed by atoms with van der Waals surface area (Å²) in [5.41, 5.74) is 0.725. The predicted octanol–water partition coefficient (Wildman–Crippen LogP) is 2.65. The summed E-state index contributed by atoms with van der Waals surface area (Å²) in [6.45, 7) is 1.16. The number of hydrogen-bond donors (Lipinski definition) is 1. The van der Waals surface area contributed by atoms with Crippen molar-refractivity contribution in [1.82, 2.24) is 14.5 Å². The molecule has 0 aliphatic heterocycles. The molecular formula is C22H28ClFN4O4S. The average molecular weight is 499 g/mol. The largest absolute Gasteiger partial charge is 0.357 e. The fourth-order valence-corrected chi connectivity index (χ4v) is 4.47. The van der Waals surface area contributed by atoms with Crippen LogP contribution in [-0.2, 0) is 26.3 Å². The summed E-state index contributed by atoms with van der Waals surface area (Å²) in [7, 11) is 0.0213. The molecule has 0 bridgehead atoms. The Kier molecular flexibility index (Phi) is 9.21. The van der Waals surface area contributed by atoms with Gasteiger partial charge in [-0.3, -0.25) is 9.59 Å². The molecule has 0 aliphatic rings. The number of carbonyl (C=O) groups excluding carboxylic acids is 2. The fraction of sp³-hybridized carbons (Fsp3) is 0.364. The van der Waals surface area contributed by atoms with Gasteiger partial charge in [-0.2, -0.15) is 12.7 Å². The molecule has 0 radical (unpaired) electrons. The molecule has 2 amide bonds. The van der Waals surface area contributed by atoms with Gasteiger partial charge in [-0.25, -0.2) is 8.70 Å². The first-order valence-electron chi connectivity index (χ1n) is 10.2. The number of anilines is 1. The molecule has 1 N–H and O–H groups in total. The number of carbonyl (C=O) groups is 2. The van der Waals surface area contributed by atoms with Crippen LogP contribution in [0.5, 0.6) is 0 Å². The van der Waals surface area contributed by atoms with Crippen molar-refractivity contribution in [2.24, 2.45) is 0 Å². The van der Waals surface area contributed by atoms with Crippen molar-refractivity contribution in [3.63, 3.8) is 0 Å². The van der Waals surface area contributed by atoms with E-state index in [0.717, 1.165) is 20.7 Å². The topological polar surface area (TPSA) is 90.0 Å². The number of benzene rings is 2. The van der Waals surface area contributed by atoms with Crippen LogP contribution in [0.25, 0.3) is 0 Å². The number of nitrogens with zero attached hydrogens (tertiary/aromatic N) is 3. The Morgan fingerprint density at radius 3 is 2.21 bits per heavy atom. The fourth-order valence-electron chi connectivity index (χ4n) is 3.22. The second kappa shape index (κ2) is 11.4. The van der Waals surface area contributed by atoms with Gasteiger partial charge in [0.1, 0.15) is 18.4 Å². The van der Waals surface area contributed by atoms with Crippen molar-refractivity contribution in [3.8, 4) is 0 Å². The standard InChI is InChI=1S/C22H28ClFN4O4S/c1-5-20(22(30)25-2)27(14-16-8-6-7-9-19(16)23)21(29)15-28(33(31,32)26(3)4)18-12-10-17(24)11-13-18/h6-13,20H,5,14-15H2,1-4H3,(H,25,30). The highest BCUT2D eigenvalue weighted by atomic mass is 35.5. The Morgan fingerprint density at radius 1 is 1.09 bits per heavy atom. The van der Waals surface area contributed by atoms with E-state index in [4.69, 9.17) is 11.6 Å².